The average molecular weight is 503 g/mol. The molecule has 3 amide bonds. The summed E-state index contributed by atoms with van der Waals surface area (Å²) in [5, 5.41) is 34.6. The smallest absolute Gasteiger partial charge is 0.328 e. The number of H-pyrrole nitrogens is 1. The van der Waals surface area contributed by atoms with Gasteiger partial charge in [0.05, 0.1) is 24.9 Å². The number of aromatic nitrogens is 2. The van der Waals surface area contributed by atoms with E-state index in [1.807, 2.05) is 11.6 Å². The zero-order valence-corrected chi connectivity index (χ0v) is 19.5. The Hall–Kier alpha value is -3.17. The fraction of sp³-hybridized carbons (Fsp3) is 0.579. The van der Waals surface area contributed by atoms with Crippen molar-refractivity contribution in [3.63, 3.8) is 0 Å². The van der Waals surface area contributed by atoms with E-state index in [1.165, 1.54) is 24.3 Å². The summed E-state index contributed by atoms with van der Waals surface area (Å²) in [6.07, 6.45) is 2.55. The molecule has 1 heterocycles. The normalized spacial score (nSPS) is 15.3. The second kappa shape index (κ2) is 14.2. The Kier molecular flexibility index (Phi) is 12.0. The first-order valence-corrected chi connectivity index (χ1v) is 11.6. The molecule has 0 aliphatic carbocycles. The quantitative estimate of drug-likeness (QED) is 0.124. The van der Waals surface area contributed by atoms with E-state index in [0.29, 0.717) is 17.9 Å². The van der Waals surface area contributed by atoms with Crippen LogP contribution in [0.15, 0.2) is 12.5 Å². The molecule has 14 nitrogen and oxygen atoms in total. The Bertz CT molecular complexity index is 850. The molecule has 0 saturated carbocycles. The maximum atomic E-state index is 12.9. The fourth-order valence-electron chi connectivity index (χ4n) is 2.78. The monoisotopic (exact) mass is 502 g/mol. The Morgan fingerprint density at radius 1 is 1.09 bits per heavy atom. The van der Waals surface area contributed by atoms with Crippen molar-refractivity contribution in [2.45, 2.75) is 56.5 Å². The van der Waals surface area contributed by atoms with Crippen molar-refractivity contribution in [2.24, 2.45) is 5.73 Å². The Labute approximate surface area is 199 Å². The number of thioether (sulfide) groups is 1. The number of hydrogen-bond acceptors (Lipinski definition) is 9. The van der Waals surface area contributed by atoms with Crippen LogP contribution in [0.3, 0.4) is 0 Å². The SMILES string of the molecule is CSCCC(N)C(=O)NC(Cc1cnc[nH]1)C(=O)NC(CC(=O)O)C(=O)NC(C(=O)O)C(C)O. The van der Waals surface area contributed by atoms with Crippen LogP contribution in [0.5, 0.6) is 0 Å². The second-order valence-electron chi connectivity index (χ2n) is 7.45. The van der Waals surface area contributed by atoms with Crippen LogP contribution >= 0.6 is 11.8 Å². The number of carboxylic acid groups (broad SMARTS) is 2. The van der Waals surface area contributed by atoms with Crippen LogP contribution in [-0.2, 0) is 30.4 Å². The lowest BCUT2D eigenvalue weighted by Crippen LogP contribution is -2.59. The highest BCUT2D eigenvalue weighted by Crippen LogP contribution is 2.05. The average Bonchev–Trinajstić information content (AvgIpc) is 3.26. The van der Waals surface area contributed by atoms with Gasteiger partial charge < -0.3 is 42.0 Å². The van der Waals surface area contributed by atoms with Gasteiger partial charge in [0.2, 0.25) is 17.7 Å². The first-order valence-electron chi connectivity index (χ1n) is 10.2. The molecule has 34 heavy (non-hydrogen) atoms. The number of carboxylic acids is 2. The van der Waals surface area contributed by atoms with Crippen LogP contribution in [0, 0.1) is 0 Å². The Balaban J connectivity index is 3.04. The van der Waals surface area contributed by atoms with Crippen LogP contribution in [-0.4, -0.2) is 97.2 Å². The summed E-state index contributed by atoms with van der Waals surface area (Å²) in [4.78, 5) is 67.0. The molecule has 0 bridgehead atoms. The molecule has 190 valence electrons. The molecule has 1 rings (SSSR count). The van der Waals surface area contributed by atoms with Gasteiger partial charge in [-0.3, -0.25) is 19.2 Å². The van der Waals surface area contributed by atoms with Crippen LogP contribution in [0.4, 0.5) is 0 Å². The Morgan fingerprint density at radius 2 is 1.71 bits per heavy atom. The lowest BCUT2D eigenvalue weighted by Gasteiger charge is -2.25. The third kappa shape index (κ3) is 9.76. The van der Waals surface area contributed by atoms with E-state index in [0.717, 1.165) is 6.92 Å². The van der Waals surface area contributed by atoms with Gasteiger partial charge in [-0.15, -0.1) is 0 Å². The summed E-state index contributed by atoms with van der Waals surface area (Å²) in [6.45, 7) is 1.13. The summed E-state index contributed by atoms with van der Waals surface area (Å²) in [5.74, 6) is -5.03. The highest BCUT2D eigenvalue weighted by atomic mass is 32.2. The highest BCUT2D eigenvalue weighted by Gasteiger charge is 2.33. The molecule has 0 aliphatic heterocycles. The predicted molar refractivity (Wildman–Crippen MR) is 121 cm³/mol. The number of imidazole rings is 1. The van der Waals surface area contributed by atoms with Crippen molar-refractivity contribution < 1.29 is 39.3 Å². The molecule has 15 heteroatoms. The number of rotatable bonds is 15. The van der Waals surface area contributed by atoms with Gasteiger partial charge in [0.15, 0.2) is 6.04 Å². The van der Waals surface area contributed by atoms with Crippen LogP contribution in [0.25, 0.3) is 0 Å². The molecule has 0 fully saturated rings. The number of hydrogen-bond donors (Lipinski definition) is 8. The number of nitrogens with zero attached hydrogens (tertiary/aromatic N) is 1. The van der Waals surface area contributed by atoms with Gasteiger partial charge in [0.25, 0.3) is 0 Å². The van der Waals surface area contributed by atoms with Crippen molar-refractivity contribution in [1.29, 1.82) is 0 Å². The van der Waals surface area contributed by atoms with Crippen molar-refractivity contribution >= 4 is 41.4 Å². The number of aliphatic hydroxyl groups is 1. The third-order valence-corrected chi connectivity index (χ3v) is 5.28. The topological polar surface area (TPSA) is 237 Å². The lowest BCUT2D eigenvalue weighted by molar-refractivity contribution is -0.146. The largest absolute Gasteiger partial charge is 0.481 e. The van der Waals surface area contributed by atoms with Crippen molar-refractivity contribution in [1.82, 2.24) is 25.9 Å². The molecule has 0 aromatic carbocycles. The van der Waals surface area contributed by atoms with Gasteiger partial charge in [0.1, 0.15) is 12.1 Å². The molecule has 5 unspecified atom stereocenters. The zero-order chi connectivity index (χ0) is 25.8. The number of carbonyl (C=O) groups is 5. The zero-order valence-electron chi connectivity index (χ0n) is 18.7. The second-order valence-corrected chi connectivity index (χ2v) is 8.44. The van der Waals surface area contributed by atoms with Gasteiger partial charge in [-0.1, -0.05) is 0 Å². The maximum Gasteiger partial charge on any atom is 0.328 e. The van der Waals surface area contributed by atoms with E-state index in [4.69, 9.17) is 15.9 Å². The minimum Gasteiger partial charge on any atom is -0.481 e. The molecule has 0 saturated heterocycles. The van der Waals surface area contributed by atoms with E-state index in [1.54, 1.807) is 0 Å². The minimum atomic E-state index is -1.73. The first-order chi connectivity index (χ1) is 16.0. The molecule has 1 aromatic rings. The Morgan fingerprint density at radius 3 is 2.21 bits per heavy atom. The molecule has 5 atom stereocenters. The standard InChI is InChI=1S/C19H30N6O8S/c1-9(26)15(19(32)33)25-18(31)13(6-14(27)28)24-17(30)12(5-10-7-21-8-22-10)23-16(29)11(20)3-4-34-2/h7-9,11-13,15,26H,3-6,20H2,1-2H3,(H,21,22)(H,23,29)(H,24,30)(H,25,31)(H,27,28)(H,32,33). The van der Waals surface area contributed by atoms with E-state index < -0.39 is 66.4 Å². The van der Waals surface area contributed by atoms with Crippen molar-refractivity contribution in [3.05, 3.63) is 18.2 Å². The predicted octanol–water partition coefficient (Wildman–Crippen LogP) is -2.57. The molecular weight excluding hydrogens is 472 g/mol. The number of nitrogens with two attached hydrogens (primary N) is 1. The van der Waals surface area contributed by atoms with Crippen LogP contribution in [0.2, 0.25) is 0 Å². The summed E-state index contributed by atoms with van der Waals surface area (Å²) < 4.78 is 0. The van der Waals surface area contributed by atoms with Gasteiger partial charge in [-0.05, 0) is 25.4 Å². The summed E-state index contributed by atoms with van der Waals surface area (Å²) >= 11 is 1.49. The molecule has 9 N–H and O–H groups in total. The number of aliphatic hydroxyl groups excluding tert-OH is 1. The fourth-order valence-corrected chi connectivity index (χ4v) is 3.27. The van der Waals surface area contributed by atoms with E-state index in [9.17, 15) is 29.1 Å². The van der Waals surface area contributed by atoms with Gasteiger partial charge >= 0.3 is 11.9 Å². The summed E-state index contributed by atoms with van der Waals surface area (Å²) in [6, 6.07) is -5.55. The van der Waals surface area contributed by atoms with E-state index in [2.05, 4.69) is 20.6 Å². The molecule has 0 aliphatic rings. The third-order valence-electron chi connectivity index (χ3n) is 4.64. The van der Waals surface area contributed by atoms with Gasteiger partial charge in [-0.2, -0.15) is 11.8 Å². The minimum absolute atomic E-state index is 0.0698. The number of carbonyl (C=O) groups excluding carboxylic acids is 3. The molecule has 1 aromatic heterocycles. The maximum absolute atomic E-state index is 12.9. The van der Waals surface area contributed by atoms with Crippen LogP contribution < -0.4 is 21.7 Å². The van der Waals surface area contributed by atoms with Gasteiger partial charge in [-0.25, -0.2) is 9.78 Å². The number of aromatic amines is 1. The van der Waals surface area contributed by atoms with E-state index >= 15 is 0 Å². The number of amides is 3. The number of nitrogens with one attached hydrogen (secondary N) is 4. The van der Waals surface area contributed by atoms with Crippen LogP contribution in [0.1, 0.15) is 25.5 Å². The molecular formula is C19H30N6O8S. The molecule has 0 radical (unpaired) electrons. The molecule has 0 spiro atoms. The number of aliphatic carboxylic acids is 2. The highest BCUT2D eigenvalue weighted by molar-refractivity contribution is 7.98. The lowest BCUT2D eigenvalue weighted by atomic mass is 10.1. The van der Waals surface area contributed by atoms with Crippen molar-refractivity contribution in [2.75, 3.05) is 12.0 Å². The summed E-state index contributed by atoms with van der Waals surface area (Å²) in [7, 11) is 0. The van der Waals surface area contributed by atoms with Crippen molar-refractivity contribution in [3.8, 4) is 0 Å². The summed E-state index contributed by atoms with van der Waals surface area (Å²) in [5.41, 5.74) is 6.32. The van der Waals surface area contributed by atoms with Gasteiger partial charge in [0, 0.05) is 18.3 Å². The van der Waals surface area contributed by atoms with E-state index in [-0.39, 0.29) is 6.42 Å². The first kappa shape index (κ1) is 28.9.